The number of halogens is 1. The average Bonchev–Trinajstić information content (AvgIpc) is 2.61. The van der Waals surface area contributed by atoms with E-state index in [0.717, 1.165) is 17.1 Å². The number of nitrogens with one attached hydrogen (secondary N) is 1. The Hall–Kier alpha value is -2.05. The van der Waals surface area contributed by atoms with Crippen molar-refractivity contribution in [3.8, 4) is 0 Å². The number of sulfonamides is 1. The standard InChI is InChI=1S/C18H21ClN2O3S/c1-2-3-13-20-18(22)14-21(16-11-9-15(19)10-12-16)25(23,24)17-7-5-4-6-8-17/h4-12H,2-3,13-14H2,1H3,(H,20,22). The molecule has 0 radical (unpaired) electrons. The summed E-state index contributed by atoms with van der Waals surface area (Å²) in [6.07, 6.45) is 1.79. The van der Waals surface area contributed by atoms with Gasteiger partial charge in [0.25, 0.3) is 10.0 Å². The monoisotopic (exact) mass is 380 g/mol. The van der Waals surface area contributed by atoms with Gasteiger partial charge in [-0.15, -0.1) is 0 Å². The van der Waals surface area contributed by atoms with Crippen LogP contribution >= 0.6 is 11.6 Å². The predicted molar refractivity (Wildman–Crippen MR) is 100 cm³/mol. The Morgan fingerprint density at radius 2 is 1.72 bits per heavy atom. The fourth-order valence-corrected chi connectivity index (χ4v) is 3.80. The first-order valence-corrected chi connectivity index (χ1v) is 9.87. The second kappa shape index (κ2) is 8.87. The fourth-order valence-electron chi connectivity index (χ4n) is 2.23. The zero-order chi connectivity index (χ0) is 18.3. The quantitative estimate of drug-likeness (QED) is 0.713. The van der Waals surface area contributed by atoms with E-state index < -0.39 is 10.0 Å². The Labute approximate surface area is 153 Å². The third kappa shape index (κ3) is 5.21. The summed E-state index contributed by atoms with van der Waals surface area (Å²) in [7, 11) is -3.86. The molecule has 0 spiro atoms. The second-order valence-corrected chi connectivity index (χ2v) is 7.80. The Morgan fingerprint density at radius 1 is 1.08 bits per heavy atom. The molecule has 0 aliphatic heterocycles. The van der Waals surface area contributed by atoms with Crippen LogP contribution < -0.4 is 9.62 Å². The minimum absolute atomic E-state index is 0.131. The maximum Gasteiger partial charge on any atom is 0.264 e. The second-order valence-electron chi connectivity index (χ2n) is 5.50. The summed E-state index contributed by atoms with van der Waals surface area (Å²) >= 11 is 5.89. The van der Waals surface area contributed by atoms with E-state index in [0.29, 0.717) is 17.3 Å². The van der Waals surface area contributed by atoms with Crippen LogP contribution in [0.3, 0.4) is 0 Å². The van der Waals surface area contributed by atoms with Gasteiger partial charge in [0.15, 0.2) is 0 Å². The molecule has 0 aliphatic carbocycles. The molecule has 0 fully saturated rings. The summed E-state index contributed by atoms with van der Waals surface area (Å²) in [6, 6.07) is 14.4. The number of hydrogen-bond donors (Lipinski definition) is 1. The Balaban J connectivity index is 2.32. The van der Waals surface area contributed by atoms with E-state index in [2.05, 4.69) is 5.32 Å². The number of carbonyl (C=O) groups excluding carboxylic acids is 1. The number of amides is 1. The molecule has 134 valence electrons. The van der Waals surface area contributed by atoms with Gasteiger partial charge in [0, 0.05) is 11.6 Å². The molecule has 0 atom stereocenters. The molecule has 1 amide bonds. The number of nitrogens with zero attached hydrogens (tertiary/aromatic N) is 1. The Kier molecular flexibility index (Phi) is 6.84. The van der Waals surface area contributed by atoms with Crippen LogP contribution in [0, 0.1) is 0 Å². The van der Waals surface area contributed by atoms with Gasteiger partial charge in [-0.3, -0.25) is 9.10 Å². The molecule has 0 heterocycles. The predicted octanol–water partition coefficient (Wildman–Crippen LogP) is 3.45. The third-order valence-corrected chi connectivity index (χ3v) is 5.63. The first-order chi connectivity index (χ1) is 11.9. The van der Waals surface area contributed by atoms with Crippen LogP contribution in [0.1, 0.15) is 19.8 Å². The van der Waals surface area contributed by atoms with Gasteiger partial charge >= 0.3 is 0 Å². The molecule has 1 N–H and O–H groups in total. The highest BCUT2D eigenvalue weighted by Crippen LogP contribution is 2.24. The summed E-state index contributed by atoms with van der Waals surface area (Å²) in [5.74, 6) is -0.345. The molecule has 0 aliphatic rings. The van der Waals surface area contributed by atoms with Crippen LogP contribution in [-0.2, 0) is 14.8 Å². The summed E-state index contributed by atoms with van der Waals surface area (Å²) in [4.78, 5) is 12.3. The highest BCUT2D eigenvalue weighted by Gasteiger charge is 2.26. The van der Waals surface area contributed by atoms with Crippen LogP contribution in [0.2, 0.25) is 5.02 Å². The molecule has 0 saturated heterocycles. The van der Waals surface area contributed by atoms with Crippen LogP contribution in [0.5, 0.6) is 0 Å². The number of benzene rings is 2. The lowest BCUT2D eigenvalue weighted by atomic mass is 10.3. The zero-order valence-electron chi connectivity index (χ0n) is 14.0. The first-order valence-electron chi connectivity index (χ1n) is 8.05. The molecule has 0 saturated carbocycles. The van der Waals surface area contributed by atoms with Crippen LogP contribution in [-0.4, -0.2) is 27.4 Å². The van der Waals surface area contributed by atoms with Gasteiger partial charge in [0.05, 0.1) is 10.6 Å². The van der Waals surface area contributed by atoms with Crippen molar-refractivity contribution < 1.29 is 13.2 Å². The summed E-state index contributed by atoms with van der Waals surface area (Å²) in [5.41, 5.74) is 0.388. The minimum Gasteiger partial charge on any atom is -0.355 e. The van der Waals surface area contributed by atoms with E-state index in [1.807, 2.05) is 6.92 Å². The number of hydrogen-bond acceptors (Lipinski definition) is 3. The van der Waals surface area contributed by atoms with Crippen molar-refractivity contribution in [2.45, 2.75) is 24.7 Å². The van der Waals surface area contributed by atoms with Crippen molar-refractivity contribution >= 4 is 33.2 Å². The van der Waals surface area contributed by atoms with E-state index in [4.69, 9.17) is 11.6 Å². The van der Waals surface area contributed by atoms with Gasteiger partial charge in [-0.05, 0) is 42.8 Å². The SMILES string of the molecule is CCCCNC(=O)CN(c1ccc(Cl)cc1)S(=O)(=O)c1ccccc1. The van der Waals surface area contributed by atoms with Gasteiger partial charge in [0.1, 0.15) is 6.54 Å². The molecule has 2 rings (SSSR count). The molecular weight excluding hydrogens is 360 g/mol. The molecule has 7 heteroatoms. The van der Waals surface area contributed by atoms with Crippen LogP contribution in [0.15, 0.2) is 59.5 Å². The van der Waals surface area contributed by atoms with E-state index in [1.54, 1.807) is 42.5 Å². The first kappa shape index (κ1) is 19.3. The lowest BCUT2D eigenvalue weighted by Crippen LogP contribution is -2.41. The number of carbonyl (C=O) groups is 1. The van der Waals surface area contributed by atoms with Crippen molar-refractivity contribution in [2.75, 3.05) is 17.4 Å². The lowest BCUT2D eigenvalue weighted by molar-refractivity contribution is -0.119. The average molecular weight is 381 g/mol. The maximum absolute atomic E-state index is 13.0. The van der Waals surface area contributed by atoms with E-state index in [9.17, 15) is 13.2 Å². The van der Waals surface area contributed by atoms with Crippen molar-refractivity contribution in [3.63, 3.8) is 0 Å². The number of anilines is 1. The molecule has 2 aromatic carbocycles. The summed E-state index contributed by atoms with van der Waals surface area (Å²) in [5, 5.41) is 3.24. The van der Waals surface area contributed by atoms with Gasteiger partial charge in [-0.2, -0.15) is 0 Å². The molecule has 0 unspecified atom stereocenters. The normalized spacial score (nSPS) is 11.1. The lowest BCUT2D eigenvalue weighted by Gasteiger charge is -2.24. The Morgan fingerprint density at radius 3 is 2.32 bits per heavy atom. The largest absolute Gasteiger partial charge is 0.355 e. The number of rotatable bonds is 8. The molecular formula is C18H21ClN2O3S. The molecule has 0 aromatic heterocycles. The van der Waals surface area contributed by atoms with Crippen LogP contribution in [0.4, 0.5) is 5.69 Å². The topological polar surface area (TPSA) is 66.5 Å². The summed E-state index contributed by atoms with van der Waals surface area (Å²) in [6.45, 7) is 2.25. The fraction of sp³-hybridized carbons (Fsp3) is 0.278. The van der Waals surface area contributed by atoms with E-state index in [1.165, 1.54) is 12.1 Å². The van der Waals surface area contributed by atoms with Gasteiger partial charge in [-0.1, -0.05) is 43.1 Å². The van der Waals surface area contributed by atoms with Crippen molar-refractivity contribution in [2.24, 2.45) is 0 Å². The van der Waals surface area contributed by atoms with Crippen molar-refractivity contribution in [1.82, 2.24) is 5.32 Å². The maximum atomic E-state index is 13.0. The zero-order valence-corrected chi connectivity index (χ0v) is 15.6. The summed E-state index contributed by atoms with van der Waals surface area (Å²) < 4.78 is 27.1. The van der Waals surface area contributed by atoms with E-state index >= 15 is 0 Å². The number of unbranched alkanes of at least 4 members (excludes halogenated alkanes) is 1. The minimum atomic E-state index is -3.86. The molecule has 5 nitrogen and oxygen atoms in total. The molecule has 0 bridgehead atoms. The van der Waals surface area contributed by atoms with Gasteiger partial charge in [-0.25, -0.2) is 8.42 Å². The highest BCUT2D eigenvalue weighted by atomic mass is 35.5. The van der Waals surface area contributed by atoms with Crippen molar-refractivity contribution in [1.29, 1.82) is 0 Å². The smallest absolute Gasteiger partial charge is 0.264 e. The van der Waals surface area contributed by atoms with Crippen molar-refractivity contribution in [3.05, 3.63) is 59.6 Å². The van der Waals surface area contributed by atoms with Gasteiger partial charge in [0.2, 0.25) is 5.91 Å². The molecule has 2 aromatic rings. The van der Waals surface area contributed by atoms with E-state index in [-0.39, 0.29) is 17.3 Å². The third-order valence-electron chi connectivity index (χ3n) is 3.59. The Bertz CT molecular complexity index is 793. The van der Waals surface area contributed by atoms with Crippen LogP contribution in [0.25, 0.3) is 0 Å². The highest BCUT2D eigenvalue weighted by molar-refractivity contribution is 7.92. The van der Waals surface area contributed by atoms with Gasteiger partial charge < -0.3 is 5.32 Å². The molecule has 25 heavy (non-hydrogen) atoms.